The van der Waals surface area contributed by atoms with Gasteiger partial charge in [0.2, 0.25) is 0 Å². The van der Waals surface area contributed by atoms with Gasteiger partial charge in [-0.05, 0) is 13.3 Å². The Morgan fingerprint density at radius 1 is 1.58 bits per heavy atom. The first-order valence-corrected chi connectivity index (χ1v) is 5.51. The molecule has 2 N–H and O–H groups in total. The van der Waals surface area contributed by atoms with Gasteiger partial charge in [-0.3, -0.25) is 19.9 Å². The minimum atomic E-state index is -1.16. The fourth-order valence-corrected chi connectivity index (χ4v) is 1.43. The molecule has 0 saturated carbocycles. The van der Waals surface area contributed by atoms with Crippen LogP contribution in [0.1, 0.15) is 29.4 Å². The van der Waals surface area contributed by atoms with Gasteiger partial charge in [0, 0.05) is 6.07 Å². The molecule has 1 amide bonds. The first-order chi connectivity index (χ1) is 8.86. The summed E-state index contributed by atoms with van der Waals surface area (Å²) in [5, 5.41) is 21.7. The van der Waals surface area contributed by atoms with E-state index in [1.54, 1.807) is 6.92 Å². The summed E-state index contributed by atoms with van der Waals surface area (Å²) in [5.41, 5.74) is -0.0311. The molecule has 1 aromatic heterocycles. The van der Waals surface area contributed by atoms with E-state index in [1.165, 1.54) is 6.92 Å². The van der Waals surface area contributed by atoms with Crippen LogP contribution in [0.2, 0.25) is 0 Å². The second-order valence-electron chi connectivity index (χ2n) is 3.86. The topological polar surface area (TPSA) is 122 Å². The summed E-state index contributed by atoms with van der Waals surface area (Å²) >= 11 is 0. The lowest BCUT2D eigenvalue weighted by molar-refractivity contribution is -0.385. The van der Waals surface area contributed by atoms with Gasteiger partial charge in [-0.1, -0.05) is 6.92 Å². The van der Waals surface area contributed by atoms with E-state index in [0.29, 0.717) is 5.69 Å². The number of pyridine rings is 1. The van der Waals surface area contributed by atoms with Gasteiger partial charge in [0.05, 0.1) is 16.2 Å². The number of aryl methyl sites for hydroxylation is 1. The lowest BCUT2D eigenvalue weighted by Gasteiger charge is -2.12. The molecule has 1 unspecified atom stereocenters. The van der Waals surface area contributed by atoms with Crippen molar-refractivity contribution in [1.29, 1.82) is 0 Å². The highest BCUT2D eigenvalue weighted by Crippen LogP contribution is 2.14. The van der Waals surface area contributed by atoms with Crippen LogP contribution < -0.4 is 5.32 Å². The highest BCUT2D eigenvalue weighted by atomic mass is 16.6. The number of amides is 1. The van der Waals surface area contributed by atoms with Crippen LogP contribution >= 0.6 is 0 Å². The van der Waals surface area contributed by atoms with E-state index < -0.39 is 22.8 Å². The number of rotatable bonds is 5. The third-order valence-corrected chi connectivity index (χ3v) is 2.54. The Labute approximate surface area is 108 Å². The van der Waals surface area contributed by atoms with Gasteiger partial charge in [-0.15, -0.1) is 0 Å². The van der Waals surface area contributed by atoms with E-state index in [2.05, 4.69) is 10.3 Å². The van der Waals surface area contributed by atoms with Crippen molar-refractivity contribution in [3.05, 3.63) is 33.6 Å². The van der Waals surface area contributed by atoms with Crippen LogP contribution in [0.25, 0.3) is 0 Å². The molecule has 0 aliphatic rings. The molecule has 0 bridgehead atoms. The number of nitro groups is 1. The van der Waals surface area contributed by atoms with Crippen LogP contribution in [0, 0.1) is 17.0 Å². The van der Waals surface area contributed by atoms with E-state index in [-0.39, 0.29) is 17.7 Å². The Hall–Kier alpha value is -2.51. The lowest BCUT2D eigenvalue weighted by atomic mass is 10.1. The lowest BCUT2D eigenvalue weighted by Crippen LogP contribution is -2.40. The third-order valence-electron chi connectivity index (χ3n) is 2.54. The highest BCUT2D eigenvalue weighted by Gasteiger charge is 2.21. The predicted octanol–water partition coefficient (Wildman–Crippen LogP) is 0.891. The van der Waals surface area contributed by atoms with Crippen LogP contribution in [0.3, 0.4) is 0 Å². The van der Waals surface area contributed by atoms with Crippen molar-refractivity contribution in [1.82, 2.24) is 10.3 Å². The average molecular weight is 267 g/mol. The fraction of sp³-hybridized carbons (Fsp3) is 0.364. The zero-order chi connectivity index (χ0) is 14.6. The van der Waals surface area contributed by atoms with Gasteiger partial charge in [0.25, 0.3) is 11.6 Å². The zero-order valence-corrected chi connectivity index (χ0v) is 10.4. The van der Waals surface area contributed by atoms with Gasteiger partial charge in [-0.25, -0.2) is 4.79 Å². The Bertz CT molecular complexity index is 529. The number of hydrogen-bond donors (Lipinski definition) is 2. The van der Waals surface area contributed by atoms with E-state index in [1.807, 2.05) is 0 Å². The Kier molecular flexibility index (Phi) is 4.51. The molecule has 1 aromatic rings. The molecule has 19 heavy (non-hydrogen) atoms. The van der Waals surface area contributed by atoms with Gasteiger partial charge < -0.3 is 10.4 Å². The SMILES string of the molecule is CCC(NC(=O)c1cc([N+](=O)[O-])cnc1C)C(=O)O. The minimum absolute atomic E-state index is 0.00565. The minimum Gasteiger partial charge on any atom is -0.480 e. The second-order valence-corrected chi connectivity index (χ2v) is 3.86. The molecule has 102 valence electrons. The summed E-state index contributed by atoms with van der Waals surface area (Å²) in [6.45, 7) is 3.12. The Morgan fingerprint density at radius 2 is 2.21 bits per heavy atom. The Balaban J connectivity index is 3.02. The van der Waals surface area contributed by atoms with Crippen molar-refractivity contribution in [3.8, 4) is 0 Å². The number of carbonyl (C=O) groups excluding carboxylic acids is 1. The number of carbonyl (C=O) groups is 2. The van der Waals surface area contributed by atoms with Crippen molar-refractivity contribution in [2.45, 2.75) is 26.3 Å². The molecular weight excluding hydrogens is 254 g/mol. The molecule has 8 nitrogen and oxygen atoms in total. The van der Waals surface area contributed by atoms with Crippen molar-refractivity contribution >= 4 is 17.6 Å². The number of hydrogen-bond acceptors (Lipinski definition) is 5. The van der Waals surface area contributed by atoms with Gasteiger partial charge >= 0.3 is 5.97 Å². The molecule has 0 spiro atoms. The number of nitrogens with zero attached hydrogens (tertiary/aromatic N) is 2. The number of carboxylic acid groups (broad SMARTS) is 1. The third kappa shape index (κ3) is 3.47. The molecule has 1 atom stereocenters. The summed E-state index contributed by atoms with van der Waals surface area (Å²) in [6, 6.07) is 0.0397. The molecule has 1 heterocycles. The molecule has 0 aliphatic heterocycles. The summed E-state index contributed by atoms with van der Waals surface area (Å²) in [7, 11) is 0. The van der Waals surface area contributed by atoms with Crippen molar-refractivity contribution in [2.75, 3.05) is 0 Å². The molecule has 0 fully saturated rings. The molecule has 0 aliphatic carbocycles. The summed E-state index contributed by atoms with van der Waals surface area (Å²) in [6.07, 6.45) is 1.25. The van der Waals surface area contributed by atoms with Crippen molar-refractivity contribution < 1.29 is 19.6 Å². The van der Waals surface area contributed by atoms with Gasteiger partial charge in [-0.2, -0.15) is 0 Å². The van der Waals surface area contributed by atoms with Crippen LogP contribution in [-0.2, 0) is 4.79 Å². The van der Waals surface area contributed by atoms with Gasteiger partial charge in [0.15, 0.2) is 0 Å². The normalized spacial score (nSPS) is 11.7. The smallest absolute Gasteiger partial charge is 0.326 e. The average Bonchev–Trinajstić information content (AvgIpc) is 2.35. The molecule has 0 radical (unpaired) electrons. The maximum atomic E-state index is 11.9. The number of nitrogens with one attached hydrogen (secondary N) is 1. The van der Waals surface area contributed by atoms with Crippen LogP contribution in [0.15, 0.2) is 12.3 Å². The molecule has 8 heteroatoms. The maximum absolute atomic E-state index is 11.9. The van der Waals surface area contributed by atoms with Crippen molar-refractivity contribution in [2.24, 2.45) is 0 Å². The second kappa shape index (κ2) is 5.89. The molecule has 0 aromatic carbocycles. The first-order valence-electron chi connectivity index (χ1n) is 5.51. The first kappa shape index (κ1) is 14.6. The van der Waals surface area contributed by atoms with E-state index in [4.69, 9.17) is 5.11 Å². The Morgan fingerprint density at radius 3 is 2.68 bits per heavy atom. The van der Waals surface area contributed by atoms with E-state index in [9.17, 15) is 19.7 Å². The monoisotopic (exact) mass is 267 g/mol. The standard InChI is InChI=1S/C11H13N3O5/c1-3-9(11(16)17)13-10(15)8-4-7(14(18)19)5-12-6(8)2/h4-5,9H,3H2,1-2H3,(H,13,15)(H,16,17). The highest BCUT2D eigenvalue weighted by molar-refractivity contribution is 5.97. The molecular formula is C11H13N3O5. The largest absolute Gasteiger partial charge is 0.480 e. The van der Waals surface area contributed by atoms with Crippen LogP contribution in [0.5, 0.6) is 0 Å². The van der Waals surface area contributed by atoms with Crippen molar-refractivity contribution in [3.63, 3.8) is 0 Å². The van der Waals surface area contributed by atoms with E-state index in [0.717, 1.165) is 12.3 Å². The molecule has 1 rings (SSSR count). The number of carboxylic acids is 1. The fourth-order valence-electron chi connectivity index (χ4n) is 1.43. The van der Waals surface area contributed by atoms with Gasteiger partial charge in [0.1, 0.15) is 12.2 Å². The number of aliphatic carboxylic acids is 1. The van der Waals surface area contributed by atoms with Crippen LogP contribution in [-0.4, -0.2) is 32.9 Å². The zero-order valence-electron chi connectivity index (χ0n) is 10.4. The quantitative estimate of drug-likeness (QED) is 0.603. The van der Waals surface area contributed by atoms with E-state index >= 15 is 0 Å². The summed E-state index contributed by atoms with van der Waals surface area (Å²) < 4.78 is 0. The van der Waals surface area contributed by atoms with Crippen LogP contribution in [0.4, 0.5) is 5.69 Å². The predicted molar refractivity (Wildman–Crippen MR) is 64.8 cm³/mol. The molecule has 0 saturated heterocycles. The summed E-state index contributed by atoms with van der Waals surface area (Å²) in [4.78, 5) is 36.4. The number of aromatic nitrogens is 1. The maximum Gasteiger partial charge on any atom is 0.326 e. The summed E-state index contributed by atoms with van der Waals surface area (Å²) in [5.74, 6) is -1.85.